The summed E-state index contributed by atoms with van der Waals surface area (Å²) >= 11 is 0. The Labute approximate surface area is 191 Å². The molecule has 0 heterocycles. The van der Waals surface area contributed by atoms with Crippen molar-refractivity contribution in [3.05, 3.63) is 82.7 Å². The van der Waals surface area contributed by atoms with Crippen molar-refractivity contribution in [1.82, 2.24) is 5.32 Å². The first kappa shape index (κ1) is 25.5. The van der Waals surface area contributed by atoms with Gasteiger partial charge in [-0.2, -0.15) is 13.2 Å². The fourth-order valence-corrected chi connectivity index (χ4v) is 3.09. The molecule has 13 heteroatoms. The number of halogens is 8. The lowest BCUT2D eigenvalue weighted by atomic mass is 9.98. The van der Waals surface area contributed by atoms with Crippen molar-refractivity contribution in [1.29, 1.82) is 0 Å². The molecule has 0 saturated heterocycles. The Bertz CT molecular complexity index is 1300. The van der Waals surface area contributed by atoms with Crippen LogP contribution in [-0.2, 0) is 6.18 Å². The highest BCUT2D eigenvalue weighted by Crippen LogP contribution is 2.41. The van der Waals surface area contributed by atoms with E-state index in [1.54, 1.807) is 0 Å². The van der Waals surface area contributed by atoms with Crippen LogP contribution in [0.25, 0.3) is 11.1 Å². The van der Waals surface area contributed by atoms with Crippen molar-refractivity contribution < 1.29 is 49.4 Å². The highest BCUT2D eigenvalue weighted by atomic mass is 19.4. The maximum absolute atomic E-state index is 13.7. The second kappa shape index (κ2) is 9.60. The minimum Gasteiger partial charge on any atom is -0.496 e. The first-order chi connectivity index (χ1) is 16.4. The first-order valence-electron chi connectivity index (χ1n) is 9.35. The Balaban J connectivity index is 1.86. The number of rotatable bonds is 4. The maximum atomic E-state index is 13.7. The number of imide groups is 1. The summed E-state index contributed by atoms with van der Waals surface area (Å²) in [5.74, 6) is -14.2. The van der Waals surface area contributed by atoms with E-state index in [-0.39, 0.29) is 22.6 Å². The van der Waals surface area contributed by atoms with Gasteiger partial charge in [-0.1, -0.05) is 18.2 Å². The average Bonchev–Trinajstić information content (AvgIpc) is 2.80. The van der Waals surface area contributed by atoms with Gasteiger partial charge in [0, 0.05) is 17.3 Å². The van der Waals surface area contributed by atoms with Crippen LogP contribution in [0, 0.1) is 29.1 Å². The first-order valence-corrected chi connectivity index (χ1v) is 9.35. The third kappa shape index (κ3) is 5.03. The Morgan fingerprint density at radius 3 is 1.94 bits per heavy atom. The molecule has 3 rings (SSSR count). The van der Waals surface area contributed by atoms with Crippen molar-refractivity contribution in [2.75, 3.05) is 12.4 Å². The zero-order valence-electron chi connectivity index (χ0n) is 17.3. The van der Waals surface area contributed by atoms with Gasteiger partial charge in [0.1, 0.15) is 11.3 Å². The summed E-state index contributed by atoms with van der Waals surface area (Å²) < 4.78 is 112. The SMILES string of the molecule is COc1cc(NC(=O)NC(=O)c2c(F)c(F)c(F)c(F)c2F)ccc1-c1ccccc1C(F)(F)F. The minimum absolute atomic E-state index is 0.00358. The number of methoxy groups -OCH3 is 1. The van der Waals surface area contributed by atoms with Crippen LogP contribution in [0.2, 0.25) is 0 Å². The molecule has 5 nitrogen and oxygen atoms in total. The summed E-state index contributed by atoms with van der Waals surface area (Å²) in [6, 6.07) is 6.57. The number of amides is 3. The Morgan fingerprint density at radius 1 is 0.800 bits per heavy atom. The molecule has 0 fully saturated rings. The van der Waals surface area contributed by atoms with Crippen molar-refractivity contribution in [3.63, 3.8) is 0 Å². The van der Waals surface area contributed by atoms with Crippen molar-refractivity contribution in [3.8, 4) is 16.9 Å². The number of alkyl halides is 3. The van der Waals surface area contributed by atoms with Gasteiger partial charge in [0.15, 0.2) is 23.3 Å². The van der Waals surface area contributed by atoms with E-state index >= 15 is 0 Å². The number of urea groups is 1. The van der Waals surface area contributed by atoms with E-state index in [2.05, 4.69) is 0 Å². The van der Waals surface area contributed by atoms with Crippen LogP contribution in [0.4, 0.5) is 45.6 Å². The lowest BCUT2D eigenvalue weighted by molar-refractivity contribution is -0.137. The number of carbonyl (C=O) groups is 2. The summed E-state index contributed by atoms with van der Waals surface area (Å²) in [7, 11) is 1.14. The number of ether oxygens (including phenoxy) is 1. The second-order valence-electron chi connectivity index (χ2n) is 6.81. The molecule has 0 atom stereocenters. The molecule has 3 amide bonds. The molecular formula is C22H12F8N2O3. The van der Waals surface area contributed by atoms with Gasteiger partial charge in [0.05, 0.1) is 12.7 Å². The van der Waals surface area contributed by atoms with Gasteiger partial charge in [0.25, 0.3) is 5.91 Å². The van der Waals surface area contributed by atoms with Crippen LogP contribution in [-0.4, -0.2) is 19.0 Å². The lowest BCUT2D eigenvalue weighted by Crippen LogP contribution is -2.36. The number of nitrogens with one attached hydrogen (secondary N) is 2. The van der Waals surface area contributed by atoms with E-state index in [0.29, 0.717) is 0 Å². The van der Waals surface area contributed by atoms with Gasteiger partial charge >= 0.3 is 12.2 Å². The zero-order chi connectivity index (χ0) is 26.1. The van der Waals surface area contributed by atoms with Gasteiger partial charge in [0.2, 0.25) is 5.82 Å². The molecule has 0 aliphatic rings. The largest absolute Gasteiger partial charge is 0.496 e. The molecule has 0 bridgehead atoms. The number of anilines is 1. The Hall–Kier alpha value is -4.16. The molecule has 0 aliphatic carbocycles. The summed E-state index contributed by atoms with van der Waals surface area (Å²) in [5, 5.41) is 3.44. The van der Waals surface area contributed by atoms with Crippen LogP contribution in [0.3, 0.4) is 0 Å². The van der Waals surface area contributed by atoms with Crippen LogP contribution in [0.1, 0.15) is 15.9 Å². The third-order valence-electron chi connectivity index (χ3n) is 4.65. The molecular weight excluding hydrogens is 492 g/mol. The van der Waals surface area contributed by atoms with Gasteiger partial charge in [-0.05, 0) is 23.8 Å². The highest BCUT2D eigenvalue weighted by molar-refractivity contribution is 6.08. The third-order valence-corrected chi connectivity index (χ3v) is 4.65. The fourth-order valence-electron chi connectivity index (χ4n) is 3.09. The Morgan fingerprint density at radius 2 is 1.37 bits per heavy atom. The molecule has 3 aromatic carbocycles. The van der Waals surface area contributed by atoms with Crippen LogP contribution in [0.5, 0.6) is 5.75 Å². The quantitative estimate of drug-likeness (QED) is 0.259. The van der Waals surface area contributed by atoms with Gasteiger partial charge in [-0.15, -0.1) is 0 Å². The molecule has 35 heavy (non-hydrogen) atoms. The molecule has 0 spiro atoms. The van der Waals surface area contributed by atoms with Gasteiger partial charge in [-0.3, -0.25) is 10.1 Å². The van der Waals surface area contributed by atoms with Gasteiger partial charge in [-0.25, -0.2) is 26.7 Å². The average molecular weight is 504 g/mol. The zero-order valence-corrected chi connectivity index (χ0v) is 17.3. The van der Waals surface area contributed by atoms with E-state index in [4.69, 9.17) is 4.74 Å². The van der Waals surface area contributed by atoms with E-state index < -0.39 is 58.3 Å². The summed E-state index contributed by atoms with van der Waals surface area (Å²) in [6.45, 7) is 0. The molecule has 0 radical (unpaired) electrons. The van der Waals surface area contributed by atoms with Crippen molar-refractivity contribution in [2.24, 2.45) is 0 Å². The topological polar surface area (TPSA) is 67.4 Å². The molecule has 184 valence electrons. The predicted molar refractivity (Wildman–Crippen MR) is 106 cm³/mol. The highest BCUT2D eigenvalue weighted by Gasteiger charge is 2.34. The number of benzene rings is 3. The minimum atomic E-state index is -4.68. The smallest absolute Gasteiger partial charge is 0.417 e. The monoisotopic (exact) mass is 504 g/mol. The van der Waals surface area contributed by atoms with Crippen molar-refractivity contribution in [2.45, 2.75) is 6.18 Å². The molecule has 2 N–H and O–H groups in total. The normalized spacial score (nSPS) is 11.2. The number of hydrogen-bond acceptors (Lipinski definition) is 3. The standard InChI is InChI=1S/C22H12F8N2O3/c1-35-13-8-9(6-7-11(13)10-4-2-3-5-12(10)22(28,29)30)31-21(34)32-20(33)14-15(23)17(25)19(27)18(26)16(14)24/h2-8H,1H3,(H2,31,32,33,34). The van der Waals surface area contributed by atoms with Crippen molar-refractivity contribution >= 4 is 17.6 Å². The summed E-state index contributed by atoms with van der Waals surface area (Å²) in [5.41, 5.74) is -3.20. The number of carbonyl (C=O) groups excluding carboxylic acids is 2. The summed E-state index contributed by atoms with van der Waals surface area (Å²) in [6.07, 6.45) is -4.68. The molecule has 0 aromatic heterocycles. The van der Waals surface area contributed by atoms with Crippen LogP contribution in [0.15, 0.2) is 42.5 Å². The Kier molecular flexibility index (Phi) is 6.99. The van der Waals surface area contributed by atoms with E-state index in [0.717, 1.165) is 25.3 Å². The molecule has 0 unspecified atom stereocenters. The fraction of sp³-hybridized carbons (Fsp3) is 0.0909. The van der Waals surface area contributed by atoms with E-state index in [1.807, 2.05) is 5.32 Å². The predicted octanol–water partition coefficient (Wildman–Crippen LogP) is 6.04. The van der Waals surface area contributed by atoms with E-state index in [9.17, 15) is 44.7 Å². The lowest BCUT2D eigenvalue weighted by Gasteiger charge is -2.16. The maximum Gasteiger partial charge on any atom is 0.417 e. The van der Waals surface area contributed by atoms with Crippen LogP contribution < -0.4 is 15.4 Å². The van der Waals surface area contributed by atoms with E-state index in [1.165, 1.54) is 29.6 Å². The molecule has 3 aromatic rings. The van der Waals surface area contributed by atoms with Gasteiger partial charge < -0.3 is 10.1 Å². The molecule has 0 saturated carbocycles. The summed E-state index contributed by atoms with van der Waals surface area (Å²) in [4.78, 5) is 24.0. The van der Waals surface area contributed by atoms with Crippen LogP contribution >= 0.6 is 0 Å². The second-order valence-corrected chi connectivity index (χ2v) is 6.81. The number of hydrogen-bond donors (Lipinski definition) is 2. The molecule has 0 aliphatic heterocycles.